The Morgan fingerprint density at radius 1 is 0.828 bits per heavy atom. The number of unbranched alkanes of at least 4 members (excludes halogenated alkanes) is 9. The number of primary amides is 2. The predicted octanol–water partition coefficient (Wildman–Crippen LogP) is 3.50. The molecule has 0 aliphatic rings. The van der Waals surface area contributed by atoms with Crippen LogP contribution in [0.15, 0.2) is 18.2 Å². The van der Waals surface area contributed by atoms with Crippen LogP contribution >= 0.6 is 0 Å². The molecular weight excluding hydrogens is 372 g/mol. The number of urea groups is 2. The minimum atomic E-state index is -0.867. The fourth-order valence-electron chi connectivity index (χ4n) is 2.98. The van der Waals surface area contributed by atoms with Crippen molar-refractivity contribution >= 4 is 23.4 Å². The van der Waals surface area contributed by atoms with Crippen molar-refractivity contribution in [2.75, 3.05) is 16.6 Å². The summed E-state index contributed by atoms with van der Waals surface area (Å²) in [4.78, 5) is 22.7. The second-order valence-electron chi connectivity index (χ2n) is 7.10. The van der Waals surface area contributed by atoms with Crippen molar-refractivity contribution in [3.8, 4) is 5.75 Å². The number of hydrazine groups is 2. The van der Waals surface area contributed by atoms with Crippen LogP contribution in [0.2, 0.25) is 0 Å². The molecular formula is C20H36N6O3. The maximum Gasteiger partial charge on any atom is 0.333 e. The summed E-state index contributed by atoms with van der Waals surface area (Å²) in [5.74, 6) is 11.7. The summed E-state index contributed by atoms with van der Waals surface area (Å²) in [5.41, 5.74) is 10.9. The van der Waals surface area contributed by atoms with Crippen LogP contribution in [0.25, 0.3) is 0 Å². The van der Waals surface area contributed by atoms with Crippen LogP contribution < -0.4 is 37.9 Å². The van der Waals surface area contributed by atoms with Crippen molar-refractivity contribution in [1.29, 1.82) is 0 Å². The Morgan fingerprint density at radius 2 is 1.34 bits per heavy atom. The van der Waals surface area contributed by atoms with Crippen molar-refractivity contribution in [3.63, 3.8) is 0 Å². The Kier molecular flexibility index (Phi) is 11.5. The zero-order chi connectivity index (χ0) is 21.6. The number of benzene rings is 1. The highest BCUT2D eigenvalue weighted by molar-refractivity contribution is 5.94. The predicted molar refractivity (Wildman–Crippen MR) is 116 cm³/mol. The number of ether oxygens (including phenoxy) is 1. The van der Waals surface area contributed by atoms with Gasteiger partial charge < -0.3 is 16.2 Å². The molecule has 0 fully saturated rings. The highest BCUT2D eigenvalue weighted by Crippen LogP contribution is 2.31. The Labute approximate surface area is 173 Å². The minimum absolute atomic E-state index is 0.207. The van der Waals surface area contributed by atoms with Crippen LogP contribution in [0.3, 0.4) is 0 Å². The van der Waals surface area contributed by atoms with Gasteiger partial charge in [0.25, 0.3) is 0 Å². The number of carbonyl (C=O) groups is 2. The molecule has 1 rings (SSSR count). The smallest absolute Gasteiger partial charge is 0.333 e. The molecule has 9 nitrogen and oxygen atoms in total. The highest BCUT2D eigenvalue weighted by atomic mass is 16.5. The van der Waals surface area contributed by atoms with Gasteiger partial charge in [0, 0.05) is 0 Å². The molecule has 4 amide bonds. The summed E-state index contributed by atoms with van der Waals surface area (Å²) in [5, 5.41) is 1.48. The minimum Gasteiger partial charge on any atom is -0.491 e. The fraction of sp³-hybridized carbons (Fsp3) is 0.600. The zero-order valence-corrected chi connectivity index (χ0v) is 17.4. The first-order valence-corrected chi connectivity index (χ1v) is 10.3. The Morgan fingerprint density at radius 3 is 1.86 bits per heavy atom. The molecule has 0 aromatic heterocycles. The van der Waals surface area contributed by atoms with Crippen LogP contribution in [0.5, 0.6) is 5.75 Å². The molecule has 0 bridgehead atoms. The topological polar surface area (TPSA) is 154 Å². The lowest BCUT2D eigenvalue weighted by molar-refractivity contribution is 0.253. The molecule has 0 saturated carbocycles. The van der Waals surface area contributed by atoms with Crippen LogP contribution in [0.1, 0.15) is 71.1 Å². The average molecular weight is 409 g/mol. The molecule has 1 aromatic carbocycles. The first-order valence-electron chi connectivity index (χ1n) is 10.3. The lowest BCUT2D eigenvalue weighted by atomic mass is 10.1. The van der Waals surface area contributed by atoms with Gasteiger partial charge >= 0.3 is 12.1 Å². The monoisotopic (exact) mass is 408 g/mol. The third-order valence-corrected chi connectivity index (χ3v) is 4.71. The SMILES string of the molecule is CCCCCCCCCCCCOc1ccc(N(N)C(N)=O)cc1N(N)C(N)=O. The van der Waals surface area contributed by atoms with Gasteiger partial charge in [-0.2, -0.15) is 0 Å². The summed E-state index contributed by atoms with van der Waals surface area (Å²) in [6.45, 7) is 2.71. The third kappa shape index (κ3) is 9.01. The molecule has 29 heavy (non-hydrogen) atoms. The second kappa shape index (κ2) is 13.6. The number of hydrogen-bond donors (Lipinski definition) is 4. The number of anilines is 2. The molecule has 0 saturated heterocycles. The van der Waals surface area contributed by atoms with E-state index in [2.05, 4.69) is 6.92 Å². The summed E-state index contributed by atoms with van der Waals surface area (Å²) in [6.07, 6.45) is 12.3. The number of nitrogens with two attached hydrogens (primary N) is 4. The summed E-state index contributed by atoms with van der Waals surface area (Å²) < 4.78 is 5.77. The standard InChI is InChI=1S/C20H36N6O3/c1-2-3-4-5-6-7-8-9-10-11-14-29-18-13-12-16(25(23)19(21)27)15-17(18)26(24)20(22)28/h12-13,15H,2-11,14,23-24H2,1H3,(H2,21,27)(H2,22,28). The van der Waals surface area contributed by atoms with E-state index in [1.165, 1.54) is 57.4 Å². The molecule has 8 N–H and O–H groups in total. The molecule has 9 heteroatoms. The lowest BCUT2D eigenvalue weighted by Crippen LogP contribution is -2.43. The van der Waals surface area contributed by atoms with E-state index in [1.54, 1.807) is 12.1 Å². The van der Waals surface area contributed by atoms with Crippen molar-refractivity contribution in [1.82, 2.24) is 0 Å². The van der Waals surface area contributed by atoms with E-state index < -0.39 is 12.1 Å². The maximum atomic E-state index is 11.5. The van der Waals surface area contributed by atoms with Crippen molar-refractivity contribution in [2.45, 2.75) is 71.1 Å². The second-order valence-corrected chi connectivity index (χ2v) is 7.10. The first-order chi connectivity index (χ1) is 13.9. The highest BCUT2D eigenvalue weighted by Gasteiger charge is 2.17. The van der Waals surface area contributed by atoms with E-state index >= 15 is 0 Å². The zero-order valence-electron chi connectivity index (χ0n) is 17.4. The van der Waals surface area contributed by atoms with Gasteiger partial charge in [0.2, 0.25) is 0 Å². The maximum absolute atomic E-state index is 11.5. The van der Waals surface area contributed by atoms with Crippen LogP contribution in [-0.4, -0.2) is 18.7 Å². The number of rotatable bonds is 14. The average Bonchev–Trinajstić information content (AvgIpc) is 2.70. The Bertz CT molecular complexity index is 641. The summed E-state index contributed by atoms with van der Waals surface area (Å²) in [6, 6.07) is 2.83. The molecule has 0 aliphatic carbocycles. The van der Waals surface area contributed by atoms with Gasteiger partial charge in [0.15, 0.2) is 0 Å². The van der Waals surface area contributed by atoms with Crippen molar-refractivity contribution in [2.24, 2.45) is 23.2 Å². The number of carbonyl (C=O) groups excluding carboxylic acids is 2. The molecule has 0 radical (unpaired) electrons. The normalized spacial score (nSPS) is 10.6. The largest absolute Gasteiger partial charge is 0.491 e. The van der Waals surface area contributed by atoms with Crippen molar-refractivity contribution < 1.29 is 14.3 Å². The van der Waals surface area contributed by atoms with Gasteiger partial charge in [-0.05, 0) is 24.6 Å². The van der Waals surface area contributed by atoms with Gasteiger partial charge in [-0.1, -0.05) is 64.7 Å². The molecule has 1 aromatic rings. The number of nitrogens with zero attached hydrogens (tertiary/aromatic N) is 2. The molecule has 0 atom stereocenters. The van der Waals surface area contributed by atoms with E-state index in [1.807, 2.05) is 0 Å². The molecule has 0 heterocycles. The summed E-state index contributed by atoms with van der Waals surface area (Å²) in [7, 11) is 0. The lowest BCUT2D eigenvalue weighted by Gasteiger charge is -2.21. The molecule has 164 valence electrons. The first kappa shape index (κ1) is 24.5. The van der Waals surface area contributed by atoms with Crippen LogP contribution in [0.4, 0.5) is 21.0 Å². The Balaban J connectivity index is 2.46. The van der Waals surface area contributed by atoms with E-state index in [-0.39, 0.29) is 11.4 Å². The van der Waals surface area contributed by atoms with Gasteiger partial charge in [-0.25, -0.2) is 31.3 Å². The Hall–Kier alpha value is -2.52. The van der Waals surface area contributed by atoms with E-state index in [9.17, 15) is 9.59 Å². The summed E-state index contributed by atoms with van der Waals surface area (Å²) >= 11 is 0. The van der Waals surface area contributed by atoms with E-state index in [0.717, 1.165) is 22.9 Å². The van der Waals surface area contributed by atoms with Gasteiger partial charge in [-0.15, -0.1) is 0 Å². The van der Waals surface area contributed by atoms with Crippen LogP contribution in [-0.2, 0) is 0 Å². The van der Waals surface area contributed by atoms with Gasteiger partial charge in [-0.3, -0.25) is 0 Å². The number of hydrogen-bond acceptors (Lipinski definition) is 5. The quantitative estimate of drug-likeness (QED) is 0.160. The van der Waals surface area contributed by atoms with Gasteiger partial charge in [0.1, 0.15) is 11.4 Å². The molecule has 0 unspecified atom stereocenters. The van der Waals surface area contributed by atoms with Crippen molar-refractivity contribution in [3.05, 3.63) is 18.2 Å². The van der Waals surface area contributed by atoms with E-state index in [4.69, 9.17) is 27.9 Å². The third-order valence-electron chi connectivity index (χ3n) is 4.71. The van der Waals surface area contributed by atoms with Gasteiger partial charge in [0.05, 0.1) is 12.3 Å². The number of amides is 4. The van der Waals surface area contributed by atoms with E-state index in [0.29, 0.717) is 12.4 Å². The fourth-order valence-corrected chi connectivity index (χ4v) is 2.98. The molecule has 0 spiro atoms. The molecule has 0 aliphatic heterocycles. The van der Waals surface area contributed by atoms with Crippen LogP contribution in [0, 0.1) is 0 Å².